The SMILES string of the molecule is Cc1ccc(CNC2=NCC3CN(C(=O)OC(C)(C)C)CCN23)s1.I. The maximum absolute atomic E-state index is 12.2. The van der Waals surface area contributed by atoms with Crippen LogP contribution in [-0.2, 0) is 11.3 Å². The van der Waals surface area contributed by atoms with E-state index in [0.29, 0.717) is 13.1 Å². The Kier molecular flexibility index (Phi) is 6.58. The first-order chi connectivity index (χ1) is 11.3. The number of amides is 1. The number of carbonyl (C=O) groups is 1. The molecule has 0 radical (unpaired) electrons. The monoisotopic (exact) mass is 478 g/mol. The third-order valence-electron chi connectivity index (χ3n) is 4.08. The molecule has 1 N–H and O–H groups in total. The molecule has 140 valence electrons. The number of nitrogens with zero attached hydrogens (tertiary/aromatic N) is 3. The second-order valence-electron chi connectivity index (χ2n) is 7.30. The number of carbonyl (C=O) groups excluding carboxylic acids is 1. The Labute approximate surface area is 170 Å². The lowest BCUT2D eigenvalue weighted by Gasteiger charge is -2.39. The summed E-state index contributed by atoms with van der Waals surface area (Å²) in [7, 11) is 0. The topological polar surface area (TPSA) is 57.2 Å². The number of aliphatic imine (C=N–C) groups is 1. The highest BCUT2D eigenvalue weighted by molar-refractivity contribution is 14.0. The number of guanidine groups is 1. The molecule has 0 aliphatic carbocycles. The highest BCUT2D eigenvalue weighted by Crippen LogP contribution is 2.19. The van der Waals surface area contributed by atoms with Gasteiger partial charge >= 0.3 is 6.09 Å². The van der Waals surface area contributed by atoms with Crippen LogP contribution in [0.3, 0.4) is 0 Å². The molecule has 1 aromatic heterocycles. The summed E-state index contributed by atoms with van der Waals surface area (Å²) in [5.41, 5.74) is -0.452. The maximum atomic E-state index is 12.2. The zero-order valence-electron chi connectivity index (χ0n) is 15.2. The molecular weight excluding hydrogens is 451 g/mol. The van der Waals surface area contributed by atoms with E-state index in [4.69, 9.17) is 4.74 Å². The van der Waals surface area contributed by atoms with Gasteiger partial charge in [0, 0.05) is 29.4 Å². The standard InChI is InChI=1S/C17H26N4O2S.HI/c1-12-5-6-14(24-12)10-19-15-18-9-13-11-20(7-8-21(13)15)16(22)23-17(2,3)4;/h5-6,13H,7-11H2,1-4H3,(H,18,19);1H. The first-order valence-corrected chi connectivity index (χ1v) is 9.22. The number of piperazine rings is 1. The average Bonchev–Trinajstić information content (AvgIpc) is 3.08. The number of aryl methyl sites for hydroxylation is 1. The molecule has 1 atom stereocenters. The van der Waals surface area contributed by atoms with E-state index < -0.39 is 5.60 Å². The van der Waals surface area contributed by atoms with Crippen molar-refractivity contribution in [2.45, 2.75) is 45.9 Å². The third-order valence-corrected chi connectivity index (χ3v) is 5.08. The molecule has 1 amide bonds. The minimum Gasteiger partial charge on any atom is -0.444 e. The Morgan fingerprint density at radius 2 is 2.16 bits per heavy atom. The fourth-order valence-corrected chi connectivity index (χ4v) is 3.80. The second-order valence-corrected chi connectivity index (χ2v) is 8.68. The van der Waals surface area contributed by atoms with Crippen molar-refractivity contribution in [2.24, 2.45) is 4.99 Å². The highest BCUT2D eigenvalue weighted by atomic mass is 127. The smallest absolute Gasteiger partial charge is 0.410 e. The van der Waals surface area contributed by atoms with Crippen LogP contribution >= 0.6 is 35.3 Å². The lowest BCUT2D eigenvalue weighted by molar-refractivity contribution is 0.0137. The molecule has 1 saturated heterocycles. The van der Waals surface area contributed by atoms with Gasteiger partial charge in [-0.15, -0.1) is 35.3 Å². The molecule has 2 aliphatic rings. The third kappa shape index (κ3) is 5.22. The summed E-state index contributed by atoms with van der Waals surface area (Å²) in [5.74, 6) is 0.954. The van der Waals surface area contributed by atoms with Gasteiger partial charge in [-0.1, -0.05) is 0 Å². The number of thiophene rings is 1. The molecular formula is C17H27IN4O2S. The van der Waals surface area contributed by atoms with Gasteiger partial charge in [-0.2, -0.15) is 0 Å². The van der Waals surface area contributed by atoms with Gasteiger partial charge in [-0.05, 0) is 39.8 Å². The Morgan fingerprint density at radius 1 is 1.40 bits per heavy atom. The summed E-state index contributed by atoms with van der Waals surface area (Å²) in [4.78, 5) is 23.6. The molecule has 1 unspecified atom stereocenters. The van der Waals surface area contributed by atoms with Gasteiger partial charge in [0.2, 0.25) is 0 Å². The lowest BCUT2D eigenvalue weighted by Crippen LogP contribution is -2.57. The Balaban J connectivity index is 0.00000225. The van der Waals surface area contributed by atoms with Crippen molar-refractivity contribution in [3.8, 4) is 0 Å². The maximum Gasteiger partial charge on any atom is 0.410 e. The summed E-state index contributed by atoms with van der Waals surface area (Å²) in [6, 6.07) is 4.54. The van der Waals surface area contributed by atoms with E-state index in [1.54, 1.807) is 16.2 Å². The first-order valence-electron chi connectivity index (χ1n) is 8.40. The summed E-state index contributed by atoms with van der Waals surface area (Å²) < 4.78 is 5.48. The van der Waals surface area contributed by atoms with E-state index >= 15 is 0 Å². The number of halogens is 1. The van der Waals surface area contributed by atoms with Crippen molar-refractivity contribution in [2.75, 3.05) is 26.2 Å². The van der Waals surface area contributed by atoms with Crippen LogP contribution in [-0.4, -0.2) is 59.7 Å². The zero-order chi connectivity index (χ0) is 17.3. The predicted octanol–water partition coefficient (Wildman–Crippen LogP) is 3.06. The van der Waals surface area contributed by atoms with Crippen LogP contribution in [0.4, 0.5) is 4.79 Å². The molecule has 1 aromatic rings. The van der Waals surface area contributed by atoms with Crippen LogP contribution in [0.5, 0.6) is 0 Å². The van der Waals surface area contributed by atoms with Crippen molar-refractivity contribution < 1.29 is 9.53 Å². The van der Waals surface area contributed by atoms with Crippen LogP contribution in [0, 0.1) is 6.92 Å². The summed E-state index contributed by atoms with van der Waals surface area (Å²) >= 11 is 1.80. The minimum absolute atomic E-state index is 0. The van der Waals surface area contributed by atoms with E-state index in [2.05, 4.69) is 34.3 Å². The normalized spacial score (nSPS) is 19.8. The Morgan fingerprint density at radius 3 is 2.80 bits per heavy atom. The van der Waals surface area contributed by atoms with E-state index in [0.717, 1.165) is 25.6 Å². The van der Waals surface area contributed by atoms with E-state index in [9.17, 15) is 4.79 Å². The molecule has 0 aromatic carbocycles. The van der Waals surface area contributed by atoms with Gasteiger partial charge in [0.05, 0.1) is 19.1 Å². The molecule has 6 nitrogen and oxygen atoms in total. The second kappa shape index (κ2) is 8.11. The Bertz CT molecular complexity index is 641. The van der Waals surface area contributed by atoms with Crippen molar-refractivity contribution in [3.05, 3.63) is 21.9 Å². The van der Waals surface area contributed by atoms with Crippen LogP contribution in [0.1, 0.15) is 30.5 Å². The van der Waals surface area contributed by atoms with Gasteiger partial charge in [-0.3, -0.25) is 4.99 Å². The van der Waals surface area contributed by atoms with Crippen molar-refractivity contribution in [1.29, 1.82) is 0 Å². The lowest BCUT2D eigenvalue weighted by atomic mass is 10.2. The van der Waals surface area contributed by atoms with Crippen LogP contribution < -0.4 is 5.32 Å². The quantitative estimate of drug-likeness (QED) is 0.665. The number of hydrogen-bond donors (Lipinski definition) is 1. The van der Waals surface area contributed by atoms with E-state index in [1.165, 1.54) is 9.75 Å². The molecule has 0 saturated carbocycles. The summed E-state index contributed by atoms with van der Waals surface area (Å²) in [6.07, 6.45) is -0.224. The molecule has 8 heteroatoms. The van der Waals surface area contributed by atoms with Gasteiger partial charge in [0.1, 0.15) is 5.60 Å². The van der Waals surface area contributed by atoms with E-state index in [1.807, 2.05) is 20.8 Å². The number of rotatable bonds is 2. The van der Waals surface area contributed by atoms with Crippen LogP contribution in [0.25, 0.3) is 0 Å². The molecule has 3 heterocycles. The van der Waals surface area contributed by atoms with Crippen molar-refractivity contribution in [3.63, 3.8) is 0 Å². The van der Waals surface area contributed by atoms with Crippen LogP contribution in [0.15, 0.2) is 17.1 Å². The fourth-order valence-electron chi connectivity index (χ4n) is 2.97. The zero-order valence-corrected chi connectivity index (χ0v) is 18.4. The highest BCUT2D eigenvalue weighted by Gasteiger charge is 2.36. The number of hydrogen-bond acceptors (Lipinski definition) is 6. The molecule has 0 bridgehead atoms. The molecule has 1 fully saturated rings. The summed E-state index contributed by atoms with van der Waals surface area (Å²) in [6.45, 7) is 11.5. The predicted molar refractivity (Wildman–Crippen MR) is 112 cm³/mol. The van der Waals surface area contributed by atoms with Crippen LogP contribution in [0.2, 0.25) is 0 Å². The van der Waals surface area contributed by atoms with Crippen molar-refractivity contribution >= 4 is 47.4 Å². The fraction of sp³-hybridized carbons (Fsp3) is 0.647. The minimum atomic E-state index is -0.452. The number of nitrogens with one attached hydrogen (secondary N) is 1. The summed E-state index contributed by atoms with van der Waals surface area (Å²) in [5, 5.41) is 3.44. The van der Waals surface area contributed by atoms with E-state index in [-0.39, 0.29) is 36.1 Å². The average molecular weight is 478 g/mol. The number of ether oxygens (including phenoxy) is 1. The largest absolute Gasteiger partial charge is 0.444 e. The molecule has 0 spiro atoms. The molecule has 2 aliphatic heterocycles. The van der Waals surface area contributed by atoms with Gasteiger partial charge in [0.15, 0.2) is 5.96 Å². The van der Waals surface area contributed by atoms with Crippen molar-refractivity contribution in [1.82, 2.24) is 15.1 Å². The Hall–Kier alpha value is -1.03. The molecule has 3 rings (SSSR count). The number of fused-ring (bicyclic) bond motifs is 1. The van der Waals surface area contributed by atoms with Gasteiger partial charge < -0.3 is 19.9 Å². The van der Waals surface area contributed by atoms with Gasteiger partial charge in [0.25, 0.3) is 0 Å². The first kappa shape index (κ1) is 20.3. The van der Waals surface area contributed by atoms with Gasteiger partial charge in [-0.25, -0.2) is 4.79 Å². The molecule has 25 heavy (non-hydrogen) atoms.